The molecule has 2 N–H and O–H groups in total. The Labute approximate surface area is 179 Å². The monoisotopic (exact) mass is 418 g/mol. The molecule has 2 rings (SSSR count). The third kappa shape index (κ3) is 6.15. The van der Waals surface area contributed by atoms with Gasteiger partial charge in [0.25, 0.3) is 0 Å². The Bertz CT molecular complexity index is 760. The largest absolute Gasteiger partial charge is 0.490 e. The lowest BCUT2D eigenvalue weighted by Gasteiger charge is -2.29. The van der Waals surface area contributed by atoms with Gasteiger partial charge in [-0.25, -0.2) is 9.59 Å². The van der Waals surface area contributed by atoms with Crippen molar-refractivity contribution in [2.45, 2.75) is 65.8 Å². The predicted octanol–water partition coefficient (Wildman–Crippen LogP) is 4.63. The summed E-state index contributed by atoms with van der Waals surface area (Å²) in [6.07, 6.45) is 4.58. The van der Waals surface area contributed by atoms with Crippen molar-refractivity contribution in [3.05, 3.63) is 35.0 Å². The topological polar surface area (TPSA) is 85.9 Å². The van der Waals surface area contributed by atoms with Crippen LogP contribution in [0.3, 0.4) is 0 Å². The summed E-state index contributed by atoms with van der Waals surface area (Å²) < 4.78 is 17.0. The third-order valence-corrected chi connectivity index (χ3v) is 4.76. The quantitative estimate of drug-likeness (QED) is 0.382. The standard InChI is InChI=1S/C23H34N2O5/c1-5-9-10-14-30-18-13-12-16(15-19(18)28-7-3)21-20(22(26)29-8-4)17(11-6-2)24-23(27)25-21/h12-13,15,21H,5-11,14H2,1-4H3,(H2,24,25,27). The number of hydrogen-bond acceptors (Lipinski definition) is 5. The number of carbonyl (C=O) groups is 2. The molecule has 0 radical (unpaired) electrons. The van der Waals surface area contributed by atoms with Crippen LogP contribution in [-0.2, 0) is 9.53 Å². The number of rotatable bonds is 12. The van der Waals surface area contributed by atoms with Crippen LogP contribution in [0.15, 0.2) is 29.5 Å². The molecule has 0 aliphatic carbocycles. The van der Waals surface area contributed by atoms with Crippen molar-refractivity contribution in [2.24, 2.45) is 0 Å². The van der Waals surface area contributed by atoms with Crippen molar-refractivity contribution >= 4 is 12.0 Å². The number of unbranched alkanes of at least 4 members (excludes halogenated alkanes) is 2. The highest BCUT2D eigenvalue weighted by molar-refractivity contribution is 5.95. The highest BCUT2D eigenvalue weighted by Crippen LogP contribution is 2.35. The Morgan fingerprint density at radius 3 is 2.47 bits per heavy atom. The van der Waals surface area contributed by atoms with E-state index >= 15 is 0 Å². The Balaban J connectivity index is 2.39. The number of amides is 2. The summed E-state index contributed by atoms with van der Waals surface area (Å²) in [5, 5.41) is 5.62. The van der Waals surface area contributed by atoms with E-state index in [0.29, 0.717) is 42.4 Å². The minimum absolute atomic E-state index is 0.261. The lowest BCUT2D eigenvalue weighted by Crippen LogP contribution is -2.46. The predicted molar refractivity (Wildman–Crippen MR) is 116 cm³/mol. The van der Waals surface area contributed by atoms with Gasteiger partial charge < -0.3 is 24.8 Å². The molecule has 1 aromatic carbocycles. The first kappa shape index (κ1) is 23.6. The van der Waals surface area contributed by atoms with Crippen LogP contribution in [0.4, 0.5) is 4.79 Å². The van der Waals surface area contributed by atoms with Crippen molar-refractivity contribution in [3.63, 3.8) is 0 Å². The maximum atomic E-state index is 12.7. The van der Waals surface area contributed by atoms with E-state index in [0.717, 1.165) is 31.2 Å². The number of urea groups is 1. The van der Waals surface area contributed by atoms with Crippen LogP contribution in [0.2, 0.25) is 0 Å². The van der Waals surface area contributed by atoms with Gasteiger partial charge in [-0.15, -0.1) is 0 Å². The van der Waals surface area contributed by atoms with E-state index in [1.807, 2.05) is 32.0 Å². The summed E-state index contributed by atoms with van der Waals surface area (Å²) in [5.41, 5.74) is 1.77. The zero-order valence-corrected chi connectivity index (χ0v) is 18.5. The molecule has 1 atom stereocenters. The number of benzene rings is 1. The second kappa shape index (κ2) is 12.1. The molecule has 1 heterocycles. The molecule has 0 bridgehead atoms. The highest BCUT2D eigenvalue weighted by atomic mass is 16.5. The fourth-order valence-electron chi connectivity index (χ4n) is 3.39. The molecule has 1 aliphatic rings. The fraction of sp³-hybridized carbons (Fsp3) is 0.565. The van der Waals surface area contributed by atoms with E-state index in [-0.39, 0.29) is 12.6 Å². The maximum absolute atomic E-state index is 12.7. The van der Waals surface area contributed by atoms with Crippen LogP contribution >= 0.6 is 0 Å². The van der Waals surface area contributed by atoms with E-state index in [1.165, 1.54) is 0 Å². The van der Waals surface area contributed by atoms with Gasteiger partial charge in [0.05, 0.1) is 31.4 Å². The van der Waals surface area contributed by atoms with E-state index in [2.05, 4.69) is 17.6 Å². The normalized spacial score (nSPS) is 16.0. The molecule has 0 spiro atoms. The number of ether oxygens (including phenoxy) is 3. The van der Waals surface area contributed by atoms with Crippen LogP contribution in [0.1, 0.15) is 71.4 Å². The first-order chi connectivity index (χ1) is 14.5. The molecule has 7 nitrogen and oxygen atoms in total. The smallest absolute Gasteiger partial charge is 0.338 e. The number of carbonyl (C=O) groups excluding carboxylic acids is 2. The summed E-state index contributed by atoms with van der Waals surface area (Å²) in [6.45, 7) is 9.17. The molecule has 166 valence electrons. The average Bonchev–Trinajstić information content (AvgIpc) is 2.72. The second-order valence-corrected chi connectivity index (χ2v) is 7.09. The summed E-state index contributed by atoms with van der Waals surface area (Å²) in [5.74, 6) is 0.822. The molecule has 7 heteroatoms. The van der Waals surface area contributed by atoms with Gasteiger partial charge in [0, 0.05) is 5.70 Å². The molecule has 1 unspecified atom stereocenters. The van der Waals surface area contributed by atoms with E-state index in [9.17, 15) is 9.59 Å². The summed E-state index contributed by atoms with van der Waals surface area (Å²) >= 11 is 0. The van der Waals surface area contributed by atoms with Crippen LogP contribution in [0, 0.1) is 0 Å². The van der Waals surface area contributed by atoms with Gasteiger partial charge >= 0.3 is 12.0 Å². The van der Waals surface area contributed by atoms with Gasteiger partial charge in [-0.05, 0) is 44.4 Å². The van der Waals surface area contributed by atoms with Gasteiger partial charge in [-0.3, -0.25) is 0 Å². The van der Waals surface area contributed by atoms with Gasteiger partial charge in [0.2, 0.25) is 0 Å². The first-order valence-electron chi connectivity index (χ1n) is 10.9. The molecular weight excluding hydrogens is 384 g/mol. The van der Waals surface area contributed by atoms with E-state index < -0.39 is 12.0 Å². The van der Waals surface area contributed by atoms with Crippen LogP contribution in [0.5, 0.6) is 11.5 Å². The van der Waals surface area contributed by atoms with Gasteiger partial charge in [0.1, 0.15) is 0 Å². The summed E-state index contributed by atoms with van der Waals surface area (Å²) in [7, 11) is 0. The fourth-order valence-corrected chi connectivity index (χ4v) is 3.39. The van der Waals surface area contributed by atoms with Crippen LogP contribution in [-0.4, -0.2) is 31.8 Å². The van der Waals surface area contributed by atoms with Crippen molar-refractivity contribution in [2.75, 3.05) is 19.8 Å². The minimum atomic E-state index is -0.618. The van der Waals surface area contributed by atoms with E-state index in [4.69, 9.17) is 14.2 Å². The van der Waals surface area contributed by atoms with Crippen molar-refractivity contribution in [1.82, 2.24) is 10.6 Å². The van der Waals surface area contributed by atoms with Gasteiger partial charge in [-0.1, -0.05) is 39.2 Å². The SMILES string of the molecule is CCCCCOc1ccc(C2NC(=O)NC(CCC)=C2C(=O)OCC)cc1OCC. The third-order valence-electron chi connectivity index (χ3n) is 4.76. The molecule has 2 amide bonds. The Morgan fingerprint density at radius 1 is 1.00 bits per heavy atom. The molecular formula is C23H34N2O5. The number of esters is 1. The zero-order valence-electron chi connectivity index (χ0n) is 18.5. The van der Waals surface area contributed by atoms with Gasteiger partial charge in [-0.2, -0.15) is 0 Å². The molecule has 1 aromatic rings. The molecule has 0 aromatic heterocycles. The number of allylic oxidation sites excluding steroid dienone is 1. The Hall–Kier alpha value is -2.70. The van der Waals surface area contributed by atoms with Crippen molar-refractivity contribution in [1.29, 1.82) is 0 Å². The van der Waals surface area contributed by atoms with Crippen molar-refractivity contribution < 1.29 is 23.8 Å². The Kier molecular flexibility index (Phi) is 9.51. The molecule has 0 saturated heterocycles. The lowest BCUT2D eigenvalue weighted by molar-refractivity contribution is -0.139. The summed E-state index contributed by atoms with van der Waals surface area (Å²) in [6, 6.07) is 4.57. The second-order valence-electron chi connectivity index (χ2n) is 7.09. The zero-order chi connectivity index (χ0) is 21.9. The average molecular weight is 419 g/mol. The molecule has 30 heavy (non-hydrogen) atoms. The number of nitrogens with one attached hydrogen (secondary N) is 2. The molecule has 0 fully saturated rings. The highest BCUT2D eigenvalue weighted by Gasteiger charge is 2.33. The van der Waals surface area contributed by atoms with Crippen LogP contribution in [0.25, 0.3) is 0 Å². The summed E-state index contributed by atoms with van der Waals surface area (Å²) in [4.78, 5) is 25.0. The first-order valence-corrected chi connectivity index (χ1v) is 10.9. The minimum Gasteiger partial charge on any atom is -0.490 e. The van der Waals surface area contributed by atoms with Crippen molar-refractivity contribution in [3.8, 4) is 11.5 Å². The van der Waals surface area contributed by atoms with Gasteiger partial charge in [0.15, 0.2) is 11.5 Å². The van der Waals surface area contributed by atoms with E-state index in [1.54, 1.807) is 6.92 Å². The Morgan fingerprint density at radius 2 is 1.80 bits per heavy atom. The maximum Gasteiger partial charge on any atom is 0.338 e. The molecule has 1 aliphatic heterocycles. The molecule has 0 saturated carbocycles. The lowest BCUT2D eigenvalue weighted by atomic mass is 9.93. The number of hydrogen-bond donors (Lipinski definition) is 2. The van der Waals surface area contributed by atoms with Crippen LogP contribution < -0.4 is 20.1 Å².